The predicted octanol–water partition coefficient (Wildman–Crippen LogP) is 6.84. The molecule has 2 aromatic heterocycles. The van der Waals surface area contributed by atoms with Gasteiger partial charge in [-0.1, -0.05) is 62.4 Å². The second-order valence-electron chi connectivity index (χ2n) is 14.8. The summed E-state index contributed by atoms with van der Waals surface area (Å²) in [5.74, 6) is 1.42. The van der Waals surface area contributed by atoms with Crippen LogP contribution in [0.5, 0.6) is 0 Å². The fourth-order valence-electron chi connectivity index (χ4n) is 6.96. The Balaban J connectivity index is 1.01. The van der Waals surface area contributed by atoms with Crippen LogP contribution in [0.25, 0.3) is 33.6 Å². The zero-order valence-electron chi connectivity index (χ0n) is 29.7. The molecule has 1 saturated carbocycles. The van der Waals surface area contributed by atoms with E-state index < -0.39 is 23.8 Å². The molecule has 1 saturated heterocycles. The van der Waals surface area contributed by atoms with E-state index in [-0.39, 0.29) is 30.0 Å². The molecule has 13 heteroatoms. The van der Waals surface area contributed by atoms with Crippen molar-refractivity contribution >= 4 is 24.3 Å². The normalized spacial score (nSPS) is 21.5. The Hall–Kier alpha value is -5.46. The maximum atomic E-state index is 13.4. The first-order chi connectivity index (χ1) is 24.4. The number of hydrogen-bond donors (Lipinski definition) is 3. The number of carbonyl (C=O) groups excluding carboxylic acids is 3. The lowest BCUT2D eigenvalue weighted by molar-refractivity contribution is -0.136. The third-order valence-electron chi connectivity index (χ3n) is 9.70. The van der Waals surface area contributed by atoms with Crippen molar-refractivity contribution in [1.29, 1.82) is 0 Å². The Morgan fingerprint density at radius 3 is 1.92 bits per heavy atom. The summed E-state index contributed by atoms with van der Waals surface area (Å²) >= 11 is 0. The van der Waals surface area contributed by atoms with Gasteiger partial charge in [-0.05, 0) is 67.7 Å². The average Bonchev–Trinajstić information content (AvgIpc) is 3.65. The summed E-state index contributed by atoms with van der Waals surface area (Å²) < 4.78 is 10.4. The molecule has 2 fully saturated rings. The van der Waals surface area contributed by atoms with Crippen molar-refractivity contribution in [3.8, 4) is 33.6 Å². The SMILES string of the molecule is COC(=O)NC(C(=O)N1N=CCC1c1ncc(-c2ccc(-c3ccc(-c4cnc(C5CC6CC6N5C(=O)OC(C)(C)C)[nH]4)cc3)cc2)[nH]1)C(C)C. The van der Waals surface area contributed by atoms with Gasteiger partial charge in [-0.2, -0.15) is 5.10 Å². The zero-order chi connectivity index (χ0) is 36.0. The standard InChI is InChI=1S/C38H44N8O5/c1-21(2)32(44-36(48)50-6)35(47)46-29(15-16-41-46)33-39-19-27(42-33)24-11-7-22(8-12-24)23-9-13-25(14-10-23)28-20-40-34(43-28)31-18-26-17-30(26)45(31)37(49)51-38(3,4)5/h7-14,16,19-21,26,29-32H,15,17-18H2,1-6H3,(H,39,42)(H,40,43)(H,44,48). The molecule has 5 atom stereocenters. The van der Waals surface area contributed by atoms with Crippen molar-refractivity contribution in [3.05, 3.63) is 72.6 Å². The van der Waals surface area contributed by atoms with Gasteiger partial charge in [0.1, 0.15) is 29.3 Å². The third-order valence-corrected chi connectivity index (χ3v) is 9.70. The van der Waals surface area contributed by atoms with Crippen molar-refractivity contribution < 1.29 is 23.9 Å². The number of hydrazone groups is 1. The molecule has 1 aliphatic carbocycles. The number of H-pyrrole nitrogens is 2. The molecule has 3 aliphatic rings. The van der Waals surface area contributed by atoms with Gasteiger partial charge in [0.2, 0.25) is 0 Å². The van der Waals surface area contributed by atoms with Crippen LogP contribution in [-0.4, -0.2) is 78.9 Å². The van der Waals surface area contributed by atoms with Crippen molar-refractivity contribution in [3.63, 3.8) is 0 Å². The van der Waals surface area contributed by atoms with Crippen LogP contribution in [0.4, 0.5) is 9.59 Å². The molecular weight excluding hydrogens is 648 g/mol. The molecule has 0 radical (unpaired) electrons. The minimum atomic E-state index is -0.789. The van der Waals surface area contributed by atoms with Crippen LogP contribution in [-0.2, 0) is 14.3 Å². The van der Waals surface area contributed by atoms with Gasteiger partial charge in [-0.15, -0.1) is 0 Å². The number of ether oxygens (including phenoxy) is 2. The van der Waals surface area contributed by atoms with E-state index in [1.807, 2.05) is 57.8 Å². The molecule has 0 spiro atoms. The summed E-state index contributed by atoms with van der Waals surface area (Å²) in [6, 6.07) is 15.4. The topological polar surface area (TPSA) is 158 Å². The van der Waals surface area contributed by atoms with E-state index in [9.17, 15) is 14.4 Å². The highest BCUT2D eigenvalue weighted by Crippen LogP contribution is 2.53. The van der Waals surface area contributed by atoms with Crippen molar-refractivity contribution in [2.75, 3.05) is 7.11 Å². The number of piperidine rings is 1. The first kappa shape index (κ1) is 34.0. The predicted molar refractivity (Wildman–Crippen MR) is 191 cm³/mol. The van der Waals surface area contributed by atoms with E-state index in [4.69, 9.17) is 9.47 Å². The average molecular weight is 693 g/mol. The maximum Gasteiger partial charge on any atom is 0.411 e. The third kappa shape index (κ3) is 6.97. The Morgan fingerprint density at radius 1 is 0.843 bits per heavy atom. The van der Waals surface area contributed by atoms with Crippen LogP contribution >= 0.6 is 0 Å². The molecule has 7 rings (SSSR count). The molecule has 3 amide bonds. The Kier molecular flexibility index (Phi) is 8.90. The number of carbonyl (C=O) groups is 3. The first-order valence-electron chi connectivity index (χ1n) is 17.4. The quantitative estimate of drug-likeness (QED) is 0.182. The smallest absolute Gasteiger partial charge is 0.411 e. The lowest BCUT2D eigenvalue weighted by Gasteiger charge is -2.29. The Bertz CT molecular complexity index is 1940. The minimum absolute atomic E-state index is 0.110. The van der Waals surface area contributed by atoms with E-state index in [1.54, 1.807) is 12.4 Å². The van der Waals surface area contributed by atoms with Crippen LogP contribution in [0, 0.1) is 11.8 Å². The molecule has 51 heavy (non-hydrogen) atoms. The van der Waals surface area contributed by atoms with Crippen molar-refractivity contribution in [1.82, 2.24) is 35.2 Å². The molecule has 4 aromatic rings. The molecule has 4 heterocycles. The lowest BCUT2D eigenvalue weighted by atomic mass is 10.0. The van der Waals surface area contributed by atoms with E-state index in [2.05, 4.69) is 66.8 Å². The highest BCUT2D eigenvalue weighted by Gasteiger charge is 2.56. The van der Waals surface area contributed by atoms with Gasteiger partial charge >= 0.3 is 12.2 Å². The summed E-state index contributed by atoms with van der Waals surface area (Å²) in [5, 5.41) is 8.32. The summed E-state index contributed by atoms with van der Waals surface area (Å²) in [7, 11) is 1.26. The number of alkyl carbamates (subject to hydrolysis) is 1. The molecule has 2 aromatic carbocycles. The maximum absolute atomic E-state index is 13.4. The number of likely N-dealkylation sites (tertiary alicyclic amines) is 1. The summed E-state index contributed by atoms with van der Waals surface area (Å²) in [6.45, 7) is 9.38. The fraction of sp³-hybridized carbons (Fsp3) is 0.421. The number of fused-ring (bicyclic) bond motifs is 1. The summed E-state index contributed by atoms with van der Waals surface area (Å²) in [5.41, 5.74) is 5.27. The second kappa shape index (κ2) is 13.3. The zero-order valence-corrected chi connectivity index (χ0v) is 29.7. The van der Waals surface area contributed by atoms with E-state index in [0.29, 0.717) is 18.2 Å². The number of rotatable bonds is 8. The van der Waals surface area contributed by atoms with E-state index in [0.717, 1.165) is 52.3 Å². The van der Waals surface area contributed by atoms with Gasteiger partial charge in [0.05, 0.1) is 36.9 Å². The van der Waals surface area contributed by atoms with E-state index >= 15 is 0 Å². The van der Waals surface area contributed by atoms with Crippen LogP contribution < -0.4 is 5.32 Å². The first-order valence-corrected chi connectivity index (χ1v) is 17.4. The summed E-state index contributed by atoms with van der Waals surface area (Å²) in [4.78, 5) is 56.3. The van der Waals surface area contributed by atoms with Gasteiger partial charge in [0.15, 0.2) is 0 Å². The van der Waals surface area contributed by atoms with Gasteiger partial charge in [0.25, 0.3) is 5.91 Å². The number of aromatic nitrogens is 4. The van der Waals surface area contributed by atoms with Crippen molar-refractivity contribution in [2.45, 2.75) is 83.6 Å². The minimum Gasteiger partial charge on any atom is -0.453 e. The lowest BCUT2D eigenvalue weighted by Crippen LogP contribution is -2.50. The molecule has 0 bridgehead atoms. The monoisotopic (exact) mass is 692 g/mol. The highest BCUT2D eigenvalue weighted by atomic mass is 16.6. The Labute approximate surface area is 296 Å². The summed E-state index contributed by atoms with van der Waals surface area (Å²) in [6.07, 6.45) is 6.77. The van der Waals surface area contributed by atoms with Gasteiger partial charge in [-0.25, -0.2) is 24.6 Å². The van der Waals surface area contributed by atoms with E-state index in [1.165, 1.54) is 12.1 Å². The van der Waals surface area contributed by atoms with Crippen LogP contribution in [0.1, 0.15) is 77.6 Å². The molecule has 2 aliphatic heterocycles. The van der Waals surface area contributed by atoms with Crippen LogP contribution in [0.15, 0.2) is 66.0 Å². The number of nitrogens with one attached hydrogen (secondary N) is 3. The number of amides is 3. The molecule has 5 unspecified atom stereocenters. The number of benzene rings is 2. The van der Waals surface area contributed by atoms with Crippen LogP contribution in [0.2, 0.25) is 0 Å². The molecule has 13 nitrogen and oxygen atoms in total. The van der Waals surface area contributed by atoms with Gasteiger partial charge in [-0.3, -0.25) is 9.69 Å². The molecule has 266 valence electrons. The number of hydrogen-bond acceptors (Lipinski definition) is 8. The van der Waals surface area contributed by atoms with Gasteiger partial charge < -0.3 is 24.8 Å². The molecule has 3 N–H and O–H groups in total. The number of nitrogens with zero attached hydrogens (tertiary/aromatic N) is 5. The largest absolute Gasteiger partial charge is 0.453 e. The highest BCUT2D eigenvalue weighted by molar-refractivity contribution is 5.87. The molecular formula is C38H44N8O5. The Morgan fingerprint density at radius 2 is 1.39 bits per heavy atom. The van der Waals surface area contributed by atoms with Gasteiger partial charge in [0, 0.05) is 18.7 Å². The number of methoxy groups -OCH3 is 1. The fourth-order valence-corrected chi connectivity index (χ4v) is 6.96. The van der Waals surface area contributed by atoms with Crippen molar-refractivity contribution in [2.24, 2.45) is 16.9 Å². The number of imidazole rings is 2. The second-order valence-corrected chi connectivity index (χ2v) is 14.8. The van der Waals surface area contributed by atoms with Crippen LogP contribution in [0.3, 0.4) is 0 Å². The number of aromatic amines is 2.